The summed E-state index contributed by atoms with van der Waals surface area (Å²) in [6, 6.07) is 0.282. The van der Waals surface area contributed by atoms with E-state index >= 15 is 0 Å². The van der Waals surface area contributed by atoms with Gasteiger partial charge in [0, 0.05) is 24.9 Å². The molecule has 0 fully saturated rings. The maximum atomic E-state index is 4.56. The molecular weight excluding hydrogens is 188 g/mol. The molecule has 1 heterocycles. The Kier molecular flexibility index (Phi) is 4.34. The first-order chi connectivity index (χ1) is 7.13. The summed E-state index contributed by atoms with van der Waals surface area (Å²) in [7, 11) is 1.80. The molecule has 0 spiro atoms. The maximum Gasteiger partial charge on any atom is 0.104 e. The van der Waals surface area contributed by atoms with Crippen molar-refractivity contribution in [3.63, 3.8) is 0 Å². The summed E-state index contributed by atoms with van der Waals surface area (Å²) in [5, 5.41) is 7.27. The molecule has 15 heavy (non-hydrogen) atoms. The van der Waals surface area contributed by atoms with Crippen molar-refractivity contribution < 1.29 is 0 Å². The fraction of sp³-hybridized carbons (Fsp3) is 0.636. The molecule has 84 valence electrons. The van der Waals surface area contributed by atoms with Crippen molar-refractivity contribution in [2.45, 2.75) is 33.2 Å². The first-order valence-electron chi connectivity index (χ1n) is 5.35. The molecule has 0 saturated heterocycles. The zero-order valence-corrected chi connectivity index (χ0v) is 9.91. The van der Waals surface area contributed by atoms with Gasteiger partial charge in [-0.2, -0.15) is 5.10 Å². The largest absolute Gasteiger partial charge is 0.348 e. The van der Waals surface area contributed by atoms with Crippen LogP contribution >= 0.6 is 0 Å². The lowest BCUT2D eigenvalue weighted by Crippen LogP contribution is -2.33. The molecule has 2 unspecified atom stereocenters. The van der Waals surface area contributed by atoms with E-state index in [2.05, 4.69) is 47.7 Å². The molecule has 0 radical (unpaired) electrons. The van der Waals surface area contributed by atoms with Crippen LogP contribution < -0.4 is 10.7 Å². The van der Waals surface area contributed by atoms with Gasteiger partial charge in [-0.1, -0.05) is 6.92 Å². The topological polar surface area (TPSA) is 48.8 Å². The van der Waals surface area contributed by atoms with Gasteiger partial charge in [-0.05, 0) is 26.3 Å². The third kappa shape index (κ3) is 3.73. The van der Waals surface area contributed by atoms with Crippen LogP contribution in [0, 0.1) is 5.92 Å². The minimum atomic E-state index is 0.282. The first-order valence-corrected chi connectivity index (χ1v) is 5.35. The summed E-state index contributed by atoms with van der Waals surface area (Å²) < 4.78 is 0. The summed E-state index contributed by atoms with van der Waals surface area (Å²) >= 11 is 0. The van der Waals surface area contributed by atoms with E-state index in [1.165, 1.54) is 5.70 Å². The van der Waals surface area contributed by atoms with Crippen molar-refractivity contribution in [1.29, 1.82) is 0 Å². The molecule has 4 heteroatoms. The van der Waals surface area contributed by atoms with Gasteiger partial charge >= 0.3 is 0 Å². The third-order valence-corrected chi connectivity index (χ3v) is 2.31. The van der Waals surface area contributed by atoms with E-state index < -0.39 is 0 Å². The first kappa shape index (κ1) is 11.8. The smallest absolute Gasteiger partial charge is 0.104 e. The molecule has 1 aliphatic rings. The lowest BCUT2D eigenvalue weighted by Gasteiger charge is -2.21. The van der Waals surface area contributed by atoms with Gasteiger partial charge in [0.1, 0.15) is 5.84 Å². The molecule has 1 aliphatic heterocycles. The number of hydrazone groups is 1. The Bertz CT molecular complexity index is 291. The standard InChI is InChI=1S/C11H20N4/c1-8(5-6-13-12-4)11-14-9(2)7-10(3)15-11/h6-9,12H,5H2,1-4H3,(H,14,15)/b13-6-. The highest BCUT2D eigenvalue weighted by atomic mass is 15.3. The number of allylic oxidation sites excluding steroid dienone is 1. The molecule has 0 bridgehead atoms. The summed E-state index contributed by atoms with van der Waals surface area (Å²) in [5.41, 5.74) is 3.93. The number of nitrogens with one attached hydrogen (secondary N) is 2. The number of hydrogen-bond donors (Lipinski definition) is 2. The summed E-state index contributed by atoms with van der Waals surface area (Å²) in [6.45, 7) is 6.32. The number of amidine groups is 1. The quantitative estimate of drug-likeness (QED) is 0.543. The lowest BCUT2D eigenvalue weighted by molar-refractivity contribution is 0.738. The minimum Gasteiger partial charge on any atom is -0.348 e. The van der Waals surface area contributed by atoms with Crippen molar-refractivity contribution in [2.75, 3.05) is 7.05 Å². The SMILES string of the molecule is CN/N=C\CC(C)C1=NC(C)C=C(C)N1. The second-order valence-electron chi connectivity index (χ2n) is 3.90. The van der Waals surface area contributed by atoms with E-state index in [1.807, 2.05) is 6.21 Å². The van der Waals surface area contributed by atoms with Crippen LogP contribution in [0.1, 0.15) is 27.2 Å². The van der Waals surface area contributed by atoms with Gasteiger partial charge in [0.25, 0.3) is 0 Å². The normalized spacial score (nSPS) is 23.1. The van der Waals surface area contributed by atoms with Crippen LogP contribution in [0.5, 0.6) is 0 Å². The molecule has 0 aromatic carbocycles. The number of rotatable bonds is 4. The molecule has 0 aromatic heterocycles. The fourth-order valence-electron chi connectivity index (χ4n) is 1.56. The molecule has 0 saturated carbocycles. The number of aliphatic imine (C=N–C) groups is 1. The summed E-state index contributed by atoms with van der Waals surface area (Å²) in [6.07, 6.45) is 4.90. The second-order valence-corrected chi connectivity index (χ2v) is 3.90. The van der Waals surface area contributed by atoms with Gasteiger partial charge in [0.05, 0.1) is 6.04 Å². The molecule has 2 atom stereocenters. The maximum absolute atomic E-state index is 4.56. The Morgan fingerprint density at radius 1 is 1.73 bits per heavy atom. The van der Waals surface area contributed by atoms with Gasteiger partial charge < -0.3 is 10.7 Å². The molecule has 0 aliphatic carbocycles. The molecule has 4 nitrogen and oxygen atoms in total. The monoisotopic (exact) mass is 208 g/mol. The zero-order valence-electron chi connectivity index (χ0n) is 9.91. The highest BCUT2D eigenvalue weighted by Gasteiger charge is 2.14. The predicted molar refractivity (Wildman–Crippen MR) is 65.1 cm³/mol. The highest BCUT2D eigenvalue weighted by molar-refractivity contribution is 5.88. The Labute approximate surface area is 91.6 Å². The Morgan fingerprint density at radius 2 is 2.47 bits per heavy atom. The Hall–Kier alpha value is -1.32. The fourth-order valence-corrected chi connectivity index (χ4v) is 1.56. The van der Waals surface area contributed by atoms with Gasteiger partial charge in [-0.3, -0.25) is 4.99 Å². The van der Waals surface area contributed by atoms with Crippen molar-refractivity contribution in [3.05, 3.63) is 11.8 Å². The van der Waals surface area contributed by atoms with Gasteiger partial charge in [-0.15, -0.1) is 0 Å². The van der Waals surface area contributed by atoms with E-state index in [0.29, 0.717) is 5.92 Å². The van der Waals surface area contributed by atoms with Crippen molar-refractivity contribution in [3.8, 4) is 0 Å². The summed E-state index contributed by atoms with van der Waals surface area (Å²) in [4.78, 5) is 4.56. The van der Waals surface area contributed by atoms with Crippen LogP contribution in [-0.4, -0.2) is 25.1 Å². The van der Waals surface area contributed by atoms with Crippen molar-refractivity contribution >= 4 is 12.1 Å². The van der Waals surface area contributed by atoms with Crippen LogP contribution in [0.2, 0.25) is 0 Å². The van der Waals surface area contributed by atoms with Crippen molar-refractivity contribution in [2.24, 2.45) is 16.0 Å². The molecule has 1 rings (SSSR count). The van der Waals surface area contributed by atoms with Gasteiger partial charge in [0.2, 0.25) is 0 Å². The third-order valence-electron chi connectivity index (χ3n) is 2.31. The van der Waals surface area contributed by atoms with E-state index in [4.69, 9.17) is 0 Å². The number of hydrogen-bond acceptors (Lipinski definition) is 4. The van der Waals surface area contributed by atoms with E-state index in [9.17, 15) is 0 Å². The minimum absolute atomic E-state index is 0.282. The average molecular weight is 208 g/mol. The average Bonchev–Trinajstić information content (AvgIpc) is 2.16. The molecule has 2 N–H and O–H groups in total. The van der Waals surface area contributed by atoms with Gasteiger partial charge in [-0.25, -0.2) is 0 Å². The van der Waals surface area contributed by atoms with Crippen molar-refractivity contribution in [1.82, 2.24) is 10.7 Å². The lowest BCUT2D eigenvalue weighted by atomic mass is 10.1. The number of nitrogens with zero attached hydrogens (tertiary/aromatic N) is 2. The van der Waals surface area contributed by atoms with Crippen LogP contribution in [0.4, 0.5) is 0 Å². The van der Waals surface area contributed by atoms with E-state index in [0.717, 1.165) is 12.3 Å². The van der Waals surface area contributed by atoms with E-state index in [-0.39, 0.29) is 6.04 Å². The summed E-state index contributed by atoms with van der Waals surface area (Å²) in [5.74, 6) is 1.44. The Morgan fingerprint density at radius 3 is 3.07 bits per heavy atom. The highest BCUT2D eigenvalue weighted by Crippen LogP contribution is 2.10. The molecular formula is C11H20N4. The van der Waals surface area contributed by atoms with Gasteiger partial charge in [0.15, 0.2) is 0 Å². The van der Waals surface area contributed by atoms with Crippen LogP contribution in [0.3, 0.4) is 0 Å². The van der Waals surface area contributed by atoms with Crippen LogP contribution in [0.15, 0.2) is 21.9 Å². The molecule has 0 amide bonds. The molecule has 0 aromatic rings. The zero-order chi connectivity index (χ0) is 11.3. The Balaban J connectivity index is 2.53. The van der Waals surface area contributed by atoms with Crippen LogP contribution in [0.25, 0.3) is 0 Å². The van der Waals surface area contributed by atoms with E-state index in [1.54, 1.807) is 7.05 Å². The second kappa shape index (κ2) is 5.53. The van der Waals surface area contributed by atoms with Crippen LogP contribution in [-0.2, 0) is 0 Å². The predicted octanol–water partition coefficient (Wildman–Crippen LogP) is 1.51.